The lowest BCUT2D eigenvalue weighted by Crippen LogP contribution is -2.33. The Labute approximate surface area is 263 Å². The van der Waals surface area contributed by atoms with Crippen LogP contribution in [0.4, 0.5) is 0 Å². The van der Waals surface area contributed by atoms with Gasteiger partial charge < -0.3 is 25.8 Å². The van der Waals surface area contributed by atoms with Crippen LogP contribution < -0.4 is 25.5 Å². The Morgan fingerprint density at radius 1 is 0.750 bits per heavy atom. The molecule has 0 aromatic carbocycles. The molecule has 0 aliphatic carbocycles. The van der Waals surface area contributed by atoms with Crippen LogP contribution in [0.1, 0.15) is 49.0 Å². The fraction of sp³-hybridized carbons (Fsp3) is 0.640. The van der Waals surface area contributed by atoms with Crippen molar-refractivity contribution in [3.8, 4) is 17.6 Å². The normalized spacial score (nSPS) is 18.4. The summed E-state index contributed by atoms with van der Waals surface area (Å²) in [6.07, 6.45) is 4.22. The van der Waals surface area contributed by atoms with Crippen LogP contribution in [0.25, 0.3) is 0 Å². The number of primary sulfonamides is 1. The van der Waals surface area contributed by atoms with Crippen molar-refractivity contribution in [3.05, 3.63) is 24.7 Å². The molecule has 0 spiro atoms. The van der Waals surface area contributed by atoms with Crippen molar-refractivity contribution in [2.75, 3.05) is 19.8 Å². The molecule has 44 heavy (non-hydrogen) atoms. The molecular formula is C25H45ClN8O8S2. The number of fused-ring (bicyclic) bond motifs is 3. The summed E-state index contributed by atoms with van der Waals surface area (Å²) in [4.78, 5) is -0.0994. The van der Waals surface area contributed by atoms with E-state index in [9.17, 15) is 16.8 Å². The van der Waals surface area contributed by atoms with Gasteiger partial charge >= 0.3 is 0 Å². The van der Waals surface area contributed by atoms with Crippen molar-refractivity contribution in [2.24, 2.45) is 21.4 Å². The molecule has 0 saturated carbocycles. The average molecular weight is 685 g/mol. The van der Waals surface area contributed by atoms with E-state index in [0.29, 0.717) is 26.3 Å². The summed E-state index contributed by atoms with van der Waals surface area (Å²) in [6, 6.07) is 1.90. The van der Waals surface area contributed by atoms with Crippen molar-refractivity contribution in [2.45, 2.75) is 78.4 Å². The minimum Gasteiger partial charge on any atom is -0.477 e. The third-order valence-corrected chi connectivity index (χ3v) is 8.51. The Morgan fingerprint density at radius 3 is 1.61 bits per heavy atom. The van der Waals surface area contributed by atoms with Crippen molar-refractivity contribution in [1.82, 2.24) is 35.5 Å². The fourth-order valence-electron chi connectivity index (χ4n) is 4.30. The van der Waals surface area contributed by atoms with Gasteiger partial charge in [0.1, 0.15) is 0 Å². The zero-order chi connectivity index (χ0) is 30.4. The molecule has 3 aliphatic heterocycles. The van der Waals surface area contributed by atoms with Crippen LogP contribution >= 0.6 is 10.7 Å². The molecule has 0 saturated heterocycles. The molecule has 0 bridgehead atoms. The van der Waals surface area contributed by atoms with E-state index < -0.39 is 19.1 Å². The van der Waals surface area contributed by atoms with Crippen LogP contribution in [0, 0.1) is 16.2 Å². The highest BCUT2D eigenvalue weighted by Crippen LogP contribution is 2.35. The van der Waals surface area contributed by atoms with Gasteiger partial charge in [-0.05, 0) is 0 Å². The molecule has 6 heterocycles. The van der Waals surface area contributed by atoms with Crippen LogP contribution in [0.5, 0.6) is 17.6 Å². The van der Waals surface area contributed by atoms with Crippen molar-refractivity contribution < 1.29 is 36.5 Å². The molecule has 3 aliphatic rings. The molecule has 0 atom stereocenters. The number of aromatic nitrogens is 6. The first kappa shape index (κ1) is 39.1. The second kappa shape index (κ2) is 13.6. The molecule has 0 radical (unpaired) electrons. The second-order valence-electron chi connectivity index (χ2n) is 12.6. The maximum atomic E-state index is 11.2. The largest absolute Gasteiger partial charge is 0.477 e. The van der Waals surface area contributed by atoms with Crippen LogP contribution in [0.15, 0.2) is 34.4 Å². The molecule has 19 heteroatoms. The van der Waals surface area contributed by atoms with E-state index in [-0.39, 0.29) is 56.8 Å². The summed E-state index contributed by atoms with van der Waals surface area (Å²) in [6.45, 7) is 16.3. The molecule has 0 fully saturated rings. The Balaban J connectivity index is 0.000000323. The second-order valence-corrected chi connectivity index (χ2v) is 16.7. The third-order valence-electron chi connectivity index (χ3n) is 6.31. The first-order valence-corrected chi connectivity index (χ1v) is 16.6. The predicted octanol–water partition coefficient (Wildman–Crippen LogP) is 2.45. The molecule has 0 unspecified atom stereocenters. The van der Waals surface area contributed by atoms with Crippen LogP contribution in [0.2, 0.25) is 0 Å². The Bertz CT molecular complexity index is 1540. The monoisotopic (exact) mass is 684 g/mol. The van der Waals surface area contributed by atoms with E-state index in [0.717, 1.165) is 19.0 Å². The predicted molar refractivity (Wildman–Crippen MR) is 164 cm³/mol. The molecule has 0 amide bonds. The minimum atomic E-state index is -3.77. The summed E-state index contributed by atoms with van der Waals surface area (Å²) in [7, 11) is -2.27. The van der Waals surface area contributed by atoms with Crippen molar-refractivity contribution in [1.29, 1.82) is 0 Å². The quantitative estimate of drug-likeness (QED) is 0.371. The van der Waals surface area contributed by atoms with Crippen molar-refractivity contribution in [3.63, 3.8) is 0 Å². The molecule has 3 aromatic rings. The third kappa shape index (κ3) is 9.31. The maximum Gasteiger partial charge on any atom is 0.268 e. The number of rotatable bonds is 2. The number of hydrogen-bond donors (Lipinski definition) is 2. The molecule has 6 rings (SSSR count). The smallest absolute Gasteiger partial charge is 0.268 e. The van der Waals surface area contributed by atoms with Gasteiger partial charge in [-0.1, -0.05) is 49.0 Å². The topological polar surface area (TPSA) is 242 Å². The standard InChI is InChI=1S/C8H11ClN2O3S.C8H13N3O3S.C8H12N2O.CH4.H3N.H2O/c2*1-8(2)4-11-7(14-5-8)6(3-10-11)15(9,12)13;1-8(2)5-10-7(11-6-8)3-4-9-10;;;/h3H,4-5H2,1-2H3;3H,4-5H2,1-2H3,(H2,9,12,13);3-4H,5-6H2,1-2H3;1H4;1H3;1H2. The van der Waals surface area contributed by atoms with E-state index in [4.69, 9.17) is 30.0 Å². The number of ether oxygens (including phenoxy) is 3. The van der Waals surface area contributed by atoms with Gasteiger partial charge in [0.25, 0.3) is 9.05 Å². The highest BCUT2D eigenvalue weighted by Gasteiger charge is 2.33. The summed E-state index contributed by atoms with van der Waals surface area (Å²) < 4.78 is 65.9. The number of nitrogens with zero attached hydrogens (tertiary/aromatic N) is 6. The van der Waals surface area contributed by atoms with Crippen molar-refractivity contribution >= 4 is 29.8 Å². The summed E-state index contributed by atoms with van der Waals surface area (Å²) in [5, 5.41) is 17.1. The Kier molecular flexibility index (Phi) is 12.1. The van der Waals surface area contributed by atoms with Gasteiger partial charge in [0.2, 0.25) is 27.7 Å². The number of halogens is 1. The van der Waals surface area contributed by atoms with Gasteiger partial charge in [-0.3, -0.25) is 0 Å². The van der Waals surface area contributed by atoms with Crippen LogP contribution in [0.3, 0.4) is 0 Å². The van der Waals surface area contributed by atoms with Gasteiger partial charge in [0.15, 0.2) is 9.79 Å². The van der Waals surface area contributed by atoms with Gasteiger partial charge in [0.05, 0.1) is 58.0 Å². The molecule has 7 N–H and O–H groups in total. The molecular weight excluding hydrogens is 640 g/mol. The Morgan fingerprint density at radius 2 is 1.16 bits per heavy atom. The first-order chi connectivity index (χ1) is 18.8. The number of nitrogens with two attached hydrogens (primary N) is 1. The average Bonchev–Trinajstić information content (AvgIpc) is 3.54. The molecule has 3 aromatic heterocycles. The summed E-state index contributed by atoms with van der Waals surface area (Å²) in [5.41, 5.74) is 0.125. The first-order valence-electron chi connectivity index (χ1n) is 12.8. The van der Waals surface area contributed by atoms with Crippen LogP contribution in [-0.2, 0) is 38.7 Å². The zero-order valence-electron chi connectivity index (χ0n) is 25.1. The van der Waals surface area contributed by atoms with Gasteiger partial charge in [-0.25, -0.2) is 36.0 Å². The van der Waals surface area contributed by atoms with E-state index in [1.807, 2.05) is 38.4 Å². The van der Waals surface area contributed by atoms with E-state index in [1.54, 1.807) is 6.20 Å². The lowest BCUT2D eigenvalue weighted by atomic mass is 9.94. The highest BCUT2D eigenvalue weighted by atomic mass is 35.7. The van der Waals surface area contributed by atoms with Gasteiger partial charge in [-0.2, -0.15) is 15.3 Å². The number of sulfonamides is 1. The number of hydrogen-bond acceptors (Lipinski definition) is 11. The lowest BCUT2D eigenvalue weighted by Gasteiger charge is -2.30. The molecule has 16 nitrogen and oxygen atoms in total. The summed E-state index contributed by atoms with van der Waals surface area (Å²) in [5.74, 6) is 1.38. The minimum absolute atomic E-state index is 0. The highest BCUT2D eigenvalue weighted by molar-refractivity contribution is 8.13. The van der Waals surface area contributed by atoms with E-state index >= 15 is 0 Å². The van der Waals surface area contributed by atoms with Gasteiger partial charge in [0, 0.05) is 33.0 Å². The molecule has 252 valence electrons. The van der Waals surface area contributed by atoms with Gasteiger partial charge in [-0.15, -0.1) is 0 Å². The Hall–Kier alpha value is -2.90. The van der Waals surface area contributed by atoms with E-state index in [1.165, 1.54) is 21.8 Å². The SMILES string of the molecule is C.CC1(C)COc2c(S(=O)(=O)Cl)cnn2C1.CC1(C)COc2c(S(N)(=O)=O)cnn2C1.CC1(C)COc2ccnn2C1.N.O. The van der Waals surface area contributed by atoms with Crippen LogP contribution in [-0.4, -0.2) is 71.5 Å². The van der Waals surface area contributed by atoms with E-state index in [2.05, 4.69) is 29.1 Å². The summed E-state index contributed by atoms with van der Waals surface area (Å²) >= 11 is 0. The zero-order valence-corrected chi connectivity index (χ0v) is 27.5. The lowest BCUT2D eigenvalue weighted by molar-refractivity contribution is 0.0971. The maximum absolute atomic E-state index is 11.2. The fourth-order valence-corrected chi connectivity index (χ4v) is 5.77.